The largest absolute Gasteiger partial charge is 0.468 e. The molecule has 2 rings (SSSR count). The molecule has 0 amide bonds. The molecule has 0 unspecified atom stereocenters. The molecule has 1 aromatic rings. The first-order valence-corrected chi connectivity index (χ1v) is 8.98. The van der Waals surface area contributed by atoms with Crippen molar-refractivity contribution in [1.29, 1.82) is 0 Å². The second kappa shape index (κ2) is 10.2. The SMILES string of the molecule is CC(=O)O[C@@H]1[C@@H](OC(C)=O)[C@@H](OC(=Nc2ccccc2)C(F)(F)F)OC[C@@H]1OC(C)=O. The van der Waals surface area contributed by atoms with Crippen LogP contribution >= 0.6 is 0 Å². The molecule has 0 radical (unpaired) electrons. The molecule has 9 nitrogen and oxygen atoms in total. The van der Waals surface area contributed by atoms with E-state index in [0.29, 0.717) is 0 Å². The highest BCUT2D eigenvalue weighted by molar-refractivity contribution is 5.84. The Hall–Kier alpha value is -3.15. The van der Waals surface area contributed by atoms with Gasteiger partial charge in [-0.15, -0.1) is 0 Å². The van der Waals surface area contributed by atoms with E-state index in [1.807, 2.05) is 0 Å². The summed E-state index contributed by atoms with van der Waals surface area (Å²) in [6, 6.07) is 7.18. The van der Waals surface area contributed by atoms with Gasteiger partial charge in [-0.25, -0.2) is 4.99 Å². The molecule has 0 N–H and O–H groups in total. The standard InChI is InChI=1S/C19H20F3NO8/c1-10(24)28-14-9-27-17(16(30-12(3)26)15(14)29-11(2)25)31-18(19(20,21)22)23-13-7-5-4-6-8-13/h4-8,14-17H,9H2,1-3H3/t14-,15-,16+,17+/m0/s1. The molecule has 0 spiro atoms. The van der Waals surface area contributed by atoms with E-state index in [-0.39, 0.29) is 5.69 Å². The molecule has 1 aliphatic rings. The number of para-hydroxylation sites is 1. The van der Waals surface area contributed by atoms with Crippen molar-refractivity contribution < 1.29 is 51.2 Å². The van der Waals surface area contributed by atoms with Gasteiger partial charge >= 0.3 is 24.1 Å². The minimum Gasteiger partial charge on any atom is -0.456 e. The second-order valence-corrected chi connectivity index (χ2v) is 6.37. The fourth-order valence-corrected chi connectivity index (χ4v) is 2.70. The maximum atomic E-state index is 13.5. The molecule has 1 aromatic carbocycles. The number of ether oxygens (including phenoxy) is 5. The zero-order chi connectivity index (χ0) is 23.2. The van der Waals surface area contributed by atoms with Crippen molar-refractivity contribution in [2.45, 2.75) is 51.5 Å². The van der Waals surface area contributed by atoms with Crippen molar-refractivity contribution >= 4 is 29.5 Å². The number of rotatable bonds is 5. The highest BCUT2D eigenvalue weighted by atomic mass is 19.4. The van der Waals surface area contributed by atoms with Gasteiger partial charge < -0.3 is 23.7 Å². The van der Waals surface area contributed by atoms with Gasteiger partial charge in [0.25, 0.3) is 5.90 Å². The molecule has 31 heavy (non-hydrogen) atoms. The fraction of sp³-hybridized carbons (Fsp3) is 0.474. The lowest BCUT2D eigenvalue weighted by Gasteiger charge is -2.40. The summed E-state index contributed by atoms with van der Waals surface area (Å²) in [5.74, 6) is -4.22. The minimum absolute atomic E-state index is 0.0519. The van der Waals surface area contributed by atoms with Gasteiger partial charge in [0.1, 0.15) is 0 Å². The van der Waals surface area contributed by atoms with Crippen LogP contribution in [0.25, 0.3) is 0 Å². The first-order chi connectivity index (χ1) is 14.5. The number of aliphatic imine (C=N–C) groups is 1. The van der Waals surface area contributed by atoms with Crippen molar-refractivity contribution in [2.24, 2.45) is 4.99 Å². The number of esters is 3. The first kappa shape index (κ1) is 24.1. The van der Waals surface area contributed by atoms with Crippen LogP contribution in [0.15, 0.2) is 35.3 Å². The lowest BCUT2D eigenvalue weighted by molar-refractivity contribution is -0.267. The Labute approximate surface area is 175 Å². The Morgan fingerprint density at radius 1 is 0.903 bits per heavy atom. The van der Waals surface area contributed by atoms with Crippen molar-refractivity contribution in [1.82, 2.24) is 0 Å². The maximum Gasteiger partial charge on any atom is 0.468 e. The lowest BCUT2D eigenvalue weighted by atomic mass is 10.0. The molecular formula is C19H20F3NO8. The van der Waals surface area contributed by atoms with Crippen LogP contribution in [0.3, 0.4) is 0 Å². The van der Waals surface area contributed by atoms with E-state index in [1.54, 1.807) is 6.07 Å². The number of carbonyl (C=O) groups excluding carboxylic acids is 3. The van der Waals surface area contributed by atoms with Gasteiger partial charge in [0.05, 0.1) is 12.3 Å². The molecule has 1 aliphatic heterocycles. The number of hydrogen-bond donors (Lipinski definition) is 0. The summed E-state index contributed by atoms with van der Waals surface area (Å²) < 4.78 is 65.8. The summed E-state index contributed by atoms with van der Waals surface area (Å²) in [5.41, 5.74) is -0.0519. The van der Waals surface area contributed by atoms with Crippen LogP contribution < -0.4 is 0 Å². The van der Waals surface area contributed by atoms with E-state index in [2.05, 4.69) is 4.99 Å². The Kier molecular flexibility index (Phi) is 7.97. The van der Waals surface area contributed by atoms with Crippen LogP contribution in [0, 0.1) is 0 Å². The summed E-state index contributed by atoms with van der Waals surface area (Å²) >= 11 is 0. The van der Waals surface area contributed by atoms with Crippen molar-refractivity contribution in [3.63, 3.8) is 0 Å². The van der Waals surface area contributed by atoms with Gasteiger partial charge in [-0.05, 0) is 12.1 Å². The third kappa shape index (κ3) is 7.24. The highest BCUT2D eigenvalue weighted by Crippen LogP contribution is 2.29. The quantitative estimate of drug-likeness (QED) is 0.293. The molecule has 0 aromatic heterocycles. The minimum atomic E-state index is -5.02. The van der Waals surface area contributed by atoms with E-state index in [0.717, 1.165) is 20.8 Å². The highest BCUT2D eigenvalue weighted by Gasteiger charge is 2.51. The van der Waals surface area contributed by atoms with Crippen LogP contribution in [0.5, 0.6) is 0 Å². The Balaban J connectivity index is 2.38. The van der Waals surface area contributed by atoms with E-state index < -0.39 is 61.2 Å². The third-order valence-electron chi connectivity index (χ3n) is 3.76. The van der Waals surface area contributed by atoms with Gasteiger partial charge in [-0.2, -0.15) is 13.2 Å². The number of nitrogens with zero attached hydrogens (tertiary/aromatic N) is 1. The molecule has 1 saturated heterocycles. The molecule has 4 atom stereocenters. The van der Waals surface area contributed by atoms with Crippen LogP contribution in [0.4, 0.5) is 18.9 Å². The monoisotopic (exact) mass is 447 g/mol. The van der Waals surface area contributed by atoms with Gasteiger partial charge in [0.15, 0.2) is 12.2 Å². The maximum absolute atomic E-state index is 13.5. The van der Waals surface area contributed by atoms with E-state index in [4.69, 9.17) is 23.7 Å². The van der Waals surface area contributed by atoms with Crippen LogP contribution in [-0.4, -0.2) is 61.2 Å². The molecule has 0 aliphatic carbocycles. The average Bonchev–Trinajstić information content (AvgIpc) is 2.64. The molecule has 0 bridgehead atoms. The number of halogens is 3. The molecule has 170 valence electrons. The van der Waals surface area contributed by atoms with Crippen LogP contribution in [0.1, 0.15) is 20.8 Å². The third-order valence-corrected chi connectivity index (χ3v) is 3.76. The normalized spacial score (nSPS) is 24.1. The summed E-state index contributed by atoms with van der Waals surface area (Å²) in [5, 5.41) is 0. The van der Waals surface area contributed by atoms with E-state index in [1.165, 1.54) is 24.3 Å². The zero-order valence-electron chi connectivity index (χ0n) is 16.8. The molecule has 1 fully saturated rings. The first-order valence-electron chi connectivity index (χ1n) is 8.98. The van der Waals surface area contributed by atoms with E-state index >= 15 is 0 Å². The number of benzene rings is 1. The van der Waals surface area contributed by atoms with E-state index in [9.17, 15) is 27.6 Å². The molecule has 1 heterocycles. The number of alkyl halides is 3. The van der Waals surface area contributed by atoms with Crippen molar-refractivity contribution in [3.8, 4) is 0 Å². The summed E-state index contributed by atoms with van der Waals surface area (Å²) in [6.45, 7) is 2.60. The fourth-order valence-electron chi connectivity index (χ4n) is 2.70. The smallest absolute Gasteiger partial charge is 0.456 e. The van der Waals surface area contributed by atoms with Crippen molar-refractivity contribution in [3.05, 3.63) is 30.3 Å². The number of hydrogen-bond acceptors (Lipinski definition) is 9. The Bertz CT molecular complexity index is 827. The zero-order valence-corrected chi connectivity index (χ0v) is 16.8. The average molecular weight is 447 g/mol. The molecular weight excluding hydrogens is 427 g/mol. The van der Waals surface area contributed by atoms with Crippen LogP contribution in [0.2, 0.25) is 0 Å². The van der Waals surface area contributed by atoms with Gasteiger partial charge in [-0.3, -0.25) is 14.4 Å². The predicted molar refractivity (Wildman–Crippen MR) is 97.1 cm³/mol. The molecule has 0 saturated carbocycles. The second-order valence-electron chi connectivity index (χ2n) is 6.37. The lowest BCUT2D eigenvalue weighted by Crippen LogP contribution is -2.58. The molecule has 12 heteroatoms. The number of carbonyl (C=O) groups is 3. The summed E-state index contributed by atoms with van der Waals surface area (Å²) in [4.78, 5) is 37.9. The summed E-state index contributed by atoms with van der Waals surface area (Å²) in [7, 11) is 0. The summed E-state index contributed by atoms with van der Waals surface area (Å²) in [6.07, 6.45) is -11.3. The van der Waals surface area contributed by atoms with Crippen molar-refractivity contribution in [2.75, 3.05) is 6.61 Å². The van der Waals surface area contributed by atoms with Crippen LogP contribution in [-0.2, 0) is 38.1 Å². The van der Waals surface area contributed by atoms with Gasteiger partial charge in [0.2, 0.25) is 12.4 Å². The Morgan fingerprint density at radius 2 is 1.45 bits per heavy atom. The van der Waals surface area contributed by atoms with Gasteiger partial charge in [-0.1, -0.05) is 18.2 Å². The topological polar surface area (TPSA) is 110 Å². The van der Waals surface area contributed by atoms with Gasteiger partial charge in [0, 0.05) is 20.8 Å². The predicted octanol–water partition coefficient (Wildman–Crippen LogP) is 2.45. The Morgan fingerprint density at radius 3 is 1.97 bits per heavy atom.